The molecule has 7 nitrogen and oxygen atoms in total. The first-order valence-electron chi connectivity index (χ1n) is 5.75. The number of anilines is 1. The van der Waals surface area contributed by atoms with Crippen LogP contribution in [-0.4, -0.2) is 24.7 Å². The molecule has 0 aliphatic rings. The Morgan fingerprint density at radius 2 is 2.00 bits per heavy atom. The lowest BCUT2D eigenvalue weighted by Crippen LogP contribution is -2.02. The van der Waals surface area contributed by atoms with Crippen molar-refractivity contribution >= 4 is 17.0 Å². The van der Waals surface area contributed by atoms with E-state index in [2.05, 4.69) is 20.1 Å². The third kappa shape index (κ3) is 2.12. The number of hydrogen-bond donors (Lipinski definition) is 1. The van der Waals surface area contributed by atoms with Gasteiger partial charge in [-0.2, -0.15) is 23.8 Å². The second-order valence-corrected chi connectivity index (χ2v) is 4.07. The normalized spacial score (nSPS) is 11.0. The van der Waals surface area contributed by atoms with E-state index in [9.17, 15) is 8.78 Å². The van der Waals surface area contributed by atoms with Crippen LogP contribution >= 0.6 is 0 Å². The van der Waals surface area contributed by atoms with Gasteiger partial charge < -0.3 is 5.73 Å². The zero-order chi connectivity index (χ0) is 15.0. The van der Waals surface area contributed by atoms with E-state index in [1.165, 1.54) is 18.5 Å². The van der Waals surface area contributed by atoms with Crippen LogP contribution in [0.3, 0.4) is 0 Å². The molecule has 0 radical (unpaired) electrons. The molecule has 9 heteroatoms. The standard InChI is InChI=1S/C12H7F2N7/c13-12(14)21-11-9(5-18-21)19-8(4-17-11)7-2-1-6(3-15)10(16)20-7/h1-2,4-5,12H,(H2,16,20). The Balaban J connectivity index is 2.10. The minimum Gasteiger partial charge on any atom is -0.383 e. The predicted molar refractivity (Wildman–Crippen MR) is 68.9 cm³/mol. The van der Waals surface area contributed by atoms with Crippen molar-refractivity contribution in [2.24, 2.45) is 0 Å². The van der Waals surface area contributed by atoms with Crippen molar-refractivity contribution in [2.75, 3.05) is 5.73 Å². The zero-order valence-corrected chi connectivity index (χ0v) is 10.4. The molecule has 104 valence electrons. The molecule has 21 heavy (non-hydrogen) atoms. The molecule has 3 heterocycles. The van der Waals surface area contributed by atoms with Gasteiger partial charge in [0.05, 0.1) is 23.7 Å². The van der Waals surface area contributed by atoms with Crippen molar-refractivity contribution in [3.8, 4) is 17.5 Å². The van der Waals surface area contributed by atoms with Gasteiger partial charge in [0.25, 0.3) is 0 Å². The number of nitrogens with two attached hydrogens (primary N) is 1. The fourth-order valence-electron chi connectivity index (χ4n) is 1.81. The van der Waals surface area contributed by atoms with Gasteiger partial charge in [-0.3, -0.25) is 0 Å². The van der Waals surface area contributed by atoms with Crippen molar-refractivity contribution in [1.82, 2.24) is 24.7 Å². The molecule has 0 fully saturated rings. The van der Waals surface area contributed by atoms with Crippen LogP contribution in [-0.2, 0) is 0 Å². The first-order valence-corrected chi connectivity index (χ1v) is 5.75. The first-order chi connectivity index (χ1) is 10.1. The molecule has 0 aromatic carbocycles. The number of hydrogen-bond acceptors (Lipinski definition) is 6. The Labute approximate surface area is 116 Å². The van der Waals surface area contributed by atoms with Gasteiger partial charge in [-0.1, -0.05) is 0 Å². The number of alkyl halides is 2. The Morgan fingerprint density at radius 1 is 1.19 bits per heavy atom. The summed E-state index contributed by atoms with van der Waals surface area (Å²) in [6, 6.07) is 4.96. The van der Waals surface area contributed by atoms with Crippen molar-refractivity contribution < 1.29 is 8.78 Å². The van der Waals surface area contributed by atoms with Gasteiger partial charge in [-0.25, -0.2) is 15.0 Å². The molecule has 0 aliphatic heterocycles. The maximum Gasteiger partial charge on any atom is 0.335 e. The Morgan fingerprint density at radius 3 is 2.67 bits per heavy atom. The summed E-state index contributed by atoms with van der Waals surface area (Å²) in [5.74, 6) is 0.0696. The summed E-state index contributed by atoms with van der Waals surface area (Å²) in [6.45, 7) is -2.79. The van der Waals surface area contributed by atoms with E-state index in [4.69, 9.17) is 11.0 Å². The summed E-state index contributed by atoms with van der Waals surface area (Å²) in [5.41, 5.74) is 6.83. The maximum atomic E-state index is 12.7. The van der Waals surface area contributed by atoms with Gasteiger partial charge in [0.15, 0.2) is 5.65 Å². The SMILES string of the molecule is N#Cc1ccc(-c2cnc3c(cnn3C(F)F)n2)nc1N. The second kappa shape index (κ2) is 4.75. The van der Waals surface area contributed by atoms with E-state index in [-0.39, 0.29) is 22.5 Å². The number of nitrogens with zero attached hydrogens (tertiary/aromatic N) is 6. The summed E-state index contributed by atoms with van der Waals surface area (Å²) in [7, 11) is 0. The number of nitriles is 1. The molecule has 2 N–H and O–H groups in total. The van der Waals surface area contributed by atoms with Crippen LogP contribution in [0.25, 0.3) is 22.6 Å². The second-order valence-electron chi connectivity index (χ2n) is 4.07. The number of rotatable bonds is 2. The molecule has 0 aliphatic carbocycles. The highest BCUT2D eigenvalue weighted by Crippen LogP contribution is 2.21. The lowest BCUT2D eigenvalue weighted by Gasteiger charge is -2.03. The zero-order valence-electron chi connectivity index (χ0n) is 10.4. The topological polar surface area (TPSA) is 106 Å². The molecular formula is C12H7F2N7. The van der Waals surface area contributed by atoms with Gasteiger partial charge in [0, 0.05) is 0 Å². The minimum absolute atomic E-state index is 0.0182. The van der Waals surface area contributed by atoms with E-state index in [1.54, 1.807) is 6.07 Å². The lowest BCUT2D eigenvalue weighted by molar-refractivity contribution is 0.0608. The smallest absolute Gasteiger partial charge is 0.335 e. The van der Waals surface area contributed by atoms with Gasteiger partial charge in [0.2, 0.25) is 0 Å². The highest BCUT2D eigenvalue weighted by molar-refractivity contribution is 5.73. The number of aromatic nitrogens is 5. The average molecular weight is 287 g/mol. The Hall–Kier alpha value is -3.15. The largest absolute Gasteiger partial charge is 0.383 e. The van der Waals surface area contributed by atoms with Gasteiger partial charge >= 0.3 is 6.55 Å². The van der Waals surface area contributed by atoms with Crippen LogP contribution in [0.5, 0.6) is 0 Å². The van der Waals surface area contributed by atoms with Crippen molar-refractivity contribution in [3.63, 3.8) is 0 Å². The van der Waals surface area contributed by atoms with E-state index >= 15 is 0 Å². The average Bonchev–Trinajstić information content (AvgIpc) is 2.90. The first kappa shape index (κ1) is 12.9. The predicted octanol–water partition coefficient (Wildman–Crippen LogP) is 1.74. The number of pyridine rings is 1. The molecule has 0 bridgehead atoms. The third-order valence-corrected chi connectivity index (χ3v) is 2.79. The van der Waals surface area contributed by atoms with Crippen molar-refractivity contribution in [3.05, 3.63) is 30.1 Å². The van der Waals surface area contributed by atoms with E-state index in [0.717, 1.165) is 0 Å². The molecule has 0 amide bonds. The fourth-order valence-corrected chi connectivity index (χ4v) is 1.81. The van der Waals surface area contributed by atoms with Crippen LogP contribution in [0.2, 0.25) is 0 Å². The van der Waals surface area contributed by atoms with Crippen LogP contribution in [0.1, 0.15) is 12.1 Å². The molecule has 0 saturated carbocycles. The summed E-state index contributed by atoms with van der Waals surface area (Å²) in [5, 5.41) is 12.3. The summed E-state index contributed by atoms with van der Waals surface area (Å²) >= 11 is 0. The fraction of sp³-hybridized carbons (Fsp3) is 0.0833. The number of nitrogen functional groups attached to an aromatic ring is 1. The lowest BCUT2D eigenvalue weighted by atomic mass is 10.2. The van der Waals surface area contributed by atoms with Gasteiger partial charge in [-0.15, -0.1) is 0 Å². The molecule has 0 atom stereocenters. The quantitative estimate of drug-likeness (QED) is 0.769. The number of halogens is 2. The summed E-state index contributed by atoms with van der Waals surface area (Å²) < 4.78 is 25.8. The van der Waals surface area contributed by atoms with Crippen LogP contribution < -0.4 is 5.73 Å². The third-order valence-electron chi connectivity index (χ3n) is 2.79. The van der Waals surface area contributed by atoms with Crippen molar-refractivity contribution in [1.29, 1.82) is 5.26 Å². The Kier molecular flexibility index (Phi) is 2.91. The van der Waals surface area contributed by atoms with E-state index in [1.807, 2.05) is 6.07 Å². The molecule has 0 saturated heterocycles. The molecule has 3 aromatic heterocycles. The number of fused-ring (bicyclic) bond motifs is 1. The minimum atomic E-state index is -2.79. The molecule has 0 unspecified atom stereocenters. The molecular weight excluding hydrogens is 280 g/mol. The van der Waals surface area contributed by atoms with E-state index in [0.29, 0.717) is 16.1 Å². The molecule has 3 aromatic rings. The van der Waals surface area contributed by atoms with Crippen LogP contribution in [0.15, 0.2) is 24.5 Å². The highest BCUT2D eigenvalue weighted by Gasteiger charge is 2.14. The Bertz CT molecular complexity index is 866. The molecule has 3 rings (SSSR count). The van der Waals surface area contributed by atoms with Crippen LogP contribution in [0.4, 0.5) is 14.6 Å². The van der Waals surface area contributed by atoms with E-state index < -0.39 is 6.55 Å². The highest BCUT2D eigenvalue weighted by atomic mass is 19.3. The maximum absolute atomic E-state index is 12.7. The molecule has 0 spiro atoms. The van der Waals surface area contributed by atoms with Gasteiger partial charge in [0.1, 0.15) is 23.1 Å². The van der Waals surface area contributed by atoms with Crippen LogP contribution in [0, 0.1) is 11.3 Å². The van der Waals surface area contributed by atoms with Gasteiger partial charge in [-0.05, 0) is 12.1 Å². The van der Waals surface area contributed by atoms with Crippen molar-refractivity contribution in [2.45, 2.75) is 6.55 Å². The monoisotopic (exact) mass is 287 g/mol. The summed E-state index contributed by atoms with van der Waals surface area (Å²) in [6.07, 6.45) is 2.50. The summed E-state index contributed by atoms with van der Waals surface area (Å²) in [4.78, 5) is 12.1.